The molecule has 0 unspecified atom stereocenters. The van der Waals surface area contributed by atoms with Gasteiger partial charge < -0.3 is 14.8 Å². The summed E-state index contributed by atoms with van der Waals surface area (Å²) in [5.41, 5.74) is -0.505. The molecule has 2 aromatic rings. The average molecular weight is 382 g/mol. The Morgan fingerprint density at radius 1 is 1.22 bits per heavy atom. The van der Waals surface area contributed by atoms with Gasteiger partial charge in [0.25, 0.3) is 0 Å². The maximum atomic E-state index is 13.2. The Kier molecular flexibility index (Phi) is 6.51. The molecule has 1 heterocycles. The van der Waals surface area contributed by atoms with E-state index in [0.29, 0.717) is 5.82 Å². The van der Waals surface area contributed by atoms with Gasteiger partial charge in [-0.05, 0) is 39.3 Å². The molecular weight excluding hydrogens is 357 g/mol. The van der Waals surface area contributed by atoms with E-state index in [-0.39, 0.29) is 36.8 Å². The molecule has 0 aliphatic rings. The smallest absolute Gasteiger partial charge is 0.336 e. The molecule has 0 saturated heterocycles. The third-order valence-corrected chi connectivity index (χ3v) is 4.07. The highest BCUT2D eigenvalue weighted by Gasteiger charge is 2.33. The van der Waals surface area contributed by atoms with Gasteiger partial charge in [0.05, 0.1) is 12.1 Å². The van der Waals surface area contributed by atoms with Crippen molar-refractivity contribution in [2.45, 2.75) is 59.0 Å². The SMILES string of the molecule is CC(C)NC(=O)N(Cc1nccn1Cc1ccccc1C(F)(F)F)C(C)C. The van der Waals surface area contributed by atoms with E-state index in [1.165, 1.54) is 18.3 Å². The molecule has 0 atom stereocenters. The number of urea groups is 1. The molecule has 5 nitrogen and oxygen atoms in total. The highest BCUT2D eigenvalue weighted by Crippen LogP contribution is 2.32. The van der Waals surface area contributed by atoms with E-state index in [0.717, 1.165) is 6.07 Å². The van der Waals surface area contributed by atoms with Gasteiger partial charge in [-0.1, -0.05) is 18.2 Å². The molecule has 1 N–H and O–H groups in total. The van der Waals surface area contributed by atoms with Crippen LogP contribution in [0, 0.1) is 0 Å². The zero-order chi connectivity index (χ0) is 20.2. The fourth-order valence-corrected chi connectivity index (χ4v) is 2.73. The number of hydrogen-bond donors (Lipinski definition) is 1. The first-order valence-corrected chi connectivity index (χ1v) is 8.81. The molecule has 2 rings (SSSR count). The molecule has 0 aliphatic heterocycles. The number of aromatic nitrogens is 2. The van der Waals surface area contributed by atoms with E-state index in [2.05, 4.69) is 10.3 Å². The number of hydrogen-bond acceptors (Lipinski definition) is 2. The minimum atomic E-state index is -4.42. The van der Waals surface area contributed by atoms with Crippen LogP contribution in [-0.4, -0.2) is 32.6 Å². The predicted molar refractivity (Wildman–Crippen MR) is 97.1 cm³/mol. The Morgan fingerprint density at radius 3 is 2.48 bits per heavy atom. The van der Waals surface area contributed by atoms with Gasteiger partial charge in [-0.3, -0.25) is 0 Å². The number of nitrogens with one attached hydrogen (secondary N) is 1. The van der Waals surface area contributed by atoms with Gasteiger partial charge in [-0.2, -0.15) is 13.2 Å². The van der Waals surface area contributed by atoms with Crippen LogP contribution in [0.2, 0.25) is 0 Å². The third-order valence-electron chi connectivity index (χ3n) is 4.07. The van der Waals surface area contributed by atoms with Gasteiger partial charge in [-0.25, -0.2) is 9.78 Å². The van der Waals surface area contributed by atoms with E-state index < -0.39 is 11.7 Å². The van der Waals surface area contributed by atoms with Crippen molar-refractivity contribution < 1.29 is 18.0 Å². The van der Waals surface area contributed by atoms with Crippen molar-refractivity contribution in [1.82, 2.24) is 19.8 Å². The first-order chi connectivity index (χ1) is 12.6. The molecule has 1 aromatic heterocycles. The van der Waals surface area contributed by atoms with Gasteiger partial charge in [0.2, 0.25) is 0 Å². The van der Waals surface area contributed by atoms with Gasteiger partial charge in [0, 0.05) is 31.0 Å². The maximum absolute atomic E-state index is 13.2. The summed E-state index contributed by atoms with van der Waals surface area (Å²) in [5.74, 6) is 0.527. The molecule has 1 aromatic carbocycles. The summed E-state index contributed by atoms with van der Waals surface area (Å²) in [4.78, 5) is 18.3. The monoisotopic (exact) mass is 382 g/mol. The van der Waals surface area contributed by atoms with Crippen molar-refractivity contribution in [3.8, 4) is 0 Å². The molecule has 0 aliphatic carbocycles. The molecule has 2 amide bonds. The van der Waals surface area contributed by atoms with E-state index in [1.807, 2.05) is 27.7 Å². The van der Waals surface area contributed by atoms with Gasteiger partial charge >= 0.3 is 12.2 Å². The standard InChI is InChI=1S/C19H25F3N4O/c1-13(2)24-18(27)26(14(3)4)12-17-23-9-10-25(17)11-15-7-5-6-8-16(15)19(20,21)22/h5-10,13-14H,11-12H2,1-4H3,(H,24,27). The number of carbonyl (C=O) groups excluding carboxylic acids is 1. The summed E-state index contributed by atoms with van der Waals surface area (Å²) < 4.78 is 41.3. The number of halogens is 3. The van der Waals surface area contributed by atoms with E-state index in [9.17, 15) is 18.0 Å². The van der Waals surface area contributed by atoms with E-state index in [4.69, 9.17) is 0 Å². The quantitative estimate of drug-likeness (QED) is 0.811. The summed E-state index contributed by atoms with van der Waals surface area (Å²) in [6, 6.07) is 5.15. The lowest BCUT2D eigenvalue weighted by atomic mass is 10.1. The molecule has 0 spiro atoms. The van der Waals surface area contributed by atoms with Crippen molar-refractivity contribution in [1.29, 1.82) is 0 Å². The molecule has 0 bridgehead atoms. The van der Waals surface area contributed by atoms with Crippen molar-refractivity contribution in [2.75, 3.05) is 0 Å². The van der Waals surface area contributed by atoms with Crippen LogP contribution in [0.3, 0.4) is 0 Å². The lowest BCUT2D eigenvalue weighted by Gasteiger charge is -2.28. The number of alkyl halides is 3. The zero-order valence-electron chi connectivity index (χ0n) is 15.9. The second-order valence-electron chi connectivity index (χ2n) is 6.95. The second-order valence-corrected chi connectivity index (χ2v) is 6.95. The number of rotatable bonds is 6. The van der Waals surface area contributed by atoms with Crippen LogP contribution in [0.5, 0.6) is 0 Å². The maximum Gasteiger partial charge on any atom is 0.416 e. The van der Waals surface area contributed by atoms with Crippen molar-refractivity contribution in [3.63, 3.8) is 0 Å². The lowest BCUT2D eigenvalue weighted by molar-refractivity contribution is -0.138. The summed E-state index contributed by atoms with van der Waals surface area (Å²) in [7, 11) is 0. The van der Waals surface area contributed by atoms with Crippen LogP contribution in [0.4, 0.5) is 18.0 Å². The number of benzene rings is 1. The number of imidazole rings is 1. The average Bonchev–Trinajstić information content (AvgIpc) is 2.98. The van der Waals surface area contributed by atoms with Crippen LogP contribution in [0.25, 0.3) is 0 Å². The number of nitrogens with zero attached hydrogens (tertiary/aromatic N) is 3. The normalized spacial score (nSPS) is 11.9. The van der Waals surface area contributed by atoms with E-state index >= 15 is 0 Å². The Morgan fingerprint density at radius 2 is 1.89 bits per heavy atom. The summed E-state index contributed by atoms with van der Waals surface area (Å²) in [6.45, 7) is 7.73. The largest absolute Gasteiger partial charge is 0.416 e. The molecule has 0 saturated carbocycles. The predicted octanol–water partition coefficient (Wildman–Crippen LogP) is 4.28. The highest BCUT2D eigenvalue weighted by atomic mass is 19.4. The number of amides is 2. The Hall–Kier alpha value is -2.51. The first-order valence-electron chi connectivity index (χ1n) is 8.81. The highest BCUT2D eigenvalue weighted by molar-refractivity contribution is 5.74. The topological polar surface area (TPSA) is 50.2 Å². The fourth-order valence-electron chi connectivity index (χ4n) is 2.73. The summed E-state index contributed by atoms with van der Waals surface area (Å²) in [6.07, 6.45) is -1.26. The van der Waals surface area contributed by atoms with Crippen LogP contribution < -0.4 is 5.32 Å². The minimum absolute atomic E-state index is 0.0165. The summed E-state index contributed by atoms with van der Waals surface area (Å²) in [5, 5.41) is 2.84. The van der Waals surface area contributed by atoms with Crippen molar-refractivity contribution in [2.24, 2.45) is 0 Å². The van der Waals surface area contributed by atoms with Crippen LogP contribution in [-0.2, 0) is 19.3 Å². The lowest BCUT2D eigenvalue weighted by Crippen LogP contribution is -2.46. The Bertz CT molecular complexity index is 768. The summed E-state index contributed by atoms with van der Waals surface area (Å²) >= 11 is 0. The van der Waals surface area contributed by atoms with Gasteiger partial charge in [0.15, 0.2) is 0 Å². The second kappa shape index (κ2) is 8.45. The number of carbonyl (C=O) groups is 1. The molecule has 0 radical (unpaired) electrons. The first kappa shape index (κ1) is 20.8. The van der Waals surface area contributed by atoms with E-state index in [1.54, 1.807) is 21.7 Å². The molecule has 0 fully saturated rings. The van der Waals surface area contributed by atoms with Gasteiger partial charge in [0.1, 0.15) is 5.82 Å². The fraction of sp³-hybridized carbons (Fsp3) is 0.474. The van der Waals surface area contributed by atoms with Crippen molar-refractivity contribution >= 4 is 6.03 Å². The zero-order valence-corrected chi connectivity index (χ0v) is 15.9. The molecule has 8 heteroatoms. The van der Waals surface area contributed by atoms with Crippen LogP contribution in [0.15, 0.2) is 36.7 Å². The Labute approximate surface area is 157 Å². The Balaban J connectivity index is 2.25. The molecular formula is C19H25F3N4O. The van der Waals surface area contributed by atoms with Gasteiger partial charge in [-0.15, -0.1) is 0 Å². The van der Waals surface area contributed by atoms with Crippen LogP contribution in [0.1, 0.15) is 44.6 Å². The molecule has 27 heavy (non-hydrogen) atoms. The molecule has 148 valence electrons. The van der Waals surface area contributed by atoms with Crippen molar-refractivity contribution in [3.05, 3.63) is 53.6 Å². The third kappa shape index (κ3) is 5.48. The van der Waals surface area contributed by atoms with Crippen LogP contribution >= 0.6 is 0 Å². The minimum Gasteiger partial charge on any atom is -0.336 e.